The largest absolute Gasteiger partial charge is 0.272 e. The van der Waals surface area contributed by atoms with Crippen LogP contribution in [0.25, 0.3) is 6.08 Å². The number of aryl methyl sites for hydroxylation is 2. The molecule has 0 radical (unpaired) electrons. The van der Waals surface area contributed by atoms with Crippen molar-refractivity contribution in [2.24, 2.45) is 7.05 Å². The summed E-state index contributed by atoms with van der Waals surface area (Å²) in [7, 11) is 1.96. The number of thiol groups is 1. The van der Waals surface area contributed by atoms with E-state index in [-0.39, 0.29) is 0 Å². The van der Waals surface area contributed by atoms with E-state index in [2.05, 4.69) is 30.7 Å². The summed E-state index contributed by atoms with van der Waals surface area (Å²) in [5.74, 6) is 0.772. The van der Waals surface area contributed by atoms with Gasteiger partial charge in [0, 0.05) is 24.1 Å². The number of hydrogen-bond donors (Lipinski definition) is 1. The average molecular weight is 182 g/mol. The summed E-state index contributed by atoms with van der Waals surface area (Å²) >= 11 is 4.11. The molecule has 0 saturated heterocycles. The van der Waals surface area contributed by atoms with Crippen molar-refractivity contribution in [2.75, 3.05) is 5.75 Å². The van der Waals surface area contributed by atoms with Gasteiger partial charge >= 0.3 is 0 Å². The first-order valence-electron chi connectivity index (χ1n) is 3.94. The molecule has 1 aromatic heterocycles. The monoisotopic (exact) mass is 182 g/mol. The second kappa shape index (κ2) is 3.81. The molecule has 0 unspecified atom stereocenters. The Bertz CT molecular complexity index is 300. The summed E-state index contributed by atoms with van der Waals surface area (Å²) in [5, 5.41) is 4.30. The summed E-state index contributed by atoms with van der Waals surface area (Å²) in [4.78, 5) is 0. The summed E-state index contributed by atoms with van der Waals surface area (Å²) in [6.45, 7) is 4.09. The fraction of sp³-hybridized carbons (Fsp3) is 0.444. The average Bonchev–Trinajstić information content (AvgIpc) is 2.25. The van der Waals surface area contributed by atoms with Crippen LogP contribution >= 0.6 is 12.6 Å². The van der Waals surface area contributed by atoms with Gasteiger partial charge in [0.25, 0.3) is 0 Å². The van der Waals surface area contributed by atoms with Gasteiger partial charge in [-0.05, 0) is 13.8 Å². The molecule has 2 nitrogen and oxygen atoms in total. The lowest BCUT2D eigenvalue weighted by molar-refractivity contribution is 0.731. The molecule has 1 rings (SSSR count). The minimum Gasteiger partial charge on any atom is -0.272 e. The molecule has 1 aromatic rings. The van der Waals surface area contributed by atoms with Crippen LogP contribution in [0.2, 0.25) is 0 Å². The zero-order chi connectivity index (χ0) is 9.14. The third kappa shape index (κ3) is 1.72. The molecule has 0 N–H and O–H groups in total. The van der Waals surface area contributed by atoms with Crippen molar-refractivity contribution in [3.63, 3.8) is 0 Å². The van der Waals surface area contributed by atoms with Crippen molar-refractivity contribution in [1.82, 2.24) is 9.78 Å². The zero-order valence-electron chi connectivity index (χ0n) is 7.70. The number of hydrogen-bond acceptors (Lipinski definition) is 2. The minimum absolute atomic E-state index is 0.772. The van der Waals surface area contributed by atoms with E-state index >= 15 is 0 Å². The molecule has 0 aromatic carbocycles. The first kappa shape index (κ1) is 9.39. The maximum atomic E-state index is 4.30. The molecule has 0 fully saturated rings. The van der Waals surface area contributed by atoms with Gasteiger partial charge in [0.05, 0.1) is 5.69 Å². The summed E-state index contributed by atoms with van der Waals surface area (Å²) in [5.41, 5.74) is 3.49. The molecule has 0 aliphatic carbocycles. The maximum absolute atomic E-state index is 4.30. The van der Waals surface area contributed by atoms with E-state index in [1.165, 1.54) is 11.3 Å². The molecule has 12 heavy (non-hydrogen) atoms. The van der Waals surface area contributed by atoms with E-state index in [4.69, 9.17) is 0 Å². The lowest BCUT2D eigenvalue weighted by Gasteiger charge is -1.93. The predicted molar refractivity (Wildman–Crippen MR) is 55.6 cm³/mol. The van der Waals surface area contributed by atoms with Crippen LogP contribution in [0.15, 0.2) is 6.08 Å². The number of nitrogens with zero attached hydrogens (tertiary/aromatic N) is 2. The van der Waals surface area contributed by atoms with Crippen molar-refractivity contribution in [3.8, 4) is 0 Å². The Morgan fingerprint density at radius 1 is 1.50 bits per heavy atom. The highest BCUT2D eigenvalue weighted by atomic mass is 32.1. The lowest BCUT2D eigenvalue weighted by atomic mass is 10.2. The Morgan fingerprint density at radius 2 is 2.17 bits per heavy atom. The first-order chi connectivity index (χ1) is 5.66. The van der Waals surface area contributed by atoms with E-state index in [0.717, 1.165) is 11.4 Å². The standard InChI is InChI=1S/C9H14N2S/c1-7-9(5-4-6-12)8(2)11(3)10-7/h4-5,12H,6H2,1-3H3. The van der Waals surface area contributed by atoms with Gasteiger partial charge < -0.3 is 0 Å². The molecule has 0 amide bonds. The second-order valence-electron chi connectivity index (χ2n) is 2.79. The Hall–Kier alpha value is -0.700. The molecule has 0 aliphatic heterocycles. The van der Waals surface area contributed by atoms with E-state index in [0.29, 0.717) is 0 Å². The van der Waals surface area contributed by atoms with Crippen LogP contribution in [0.3, 0.4) is 0 Å². The summed E-state index contributed by atoms with van der Waals surface area (Å²) in [6, 6.07) is 0. The van der Waals surface area contributed by atoms with Crippen molar-refractivity contribution in [3.05, 3.63) is 23.0 Å². The van der Waals surface area contributed by atoms with Crippen LogP contribution in [0.5, 0.6) is 0 Å². The highest BCUT2D eigenvalue weighted by molar-refractivity contribution is 7.80. The highest BCUT2D eigenvalue weighted by Gasteiger charge is 2.04. The number of rotatable bonds is 2. The molecule has 0 saturated carbocycles. The van der Waals surface area contributed by atoms with Gasteiger partial charge in [0.1, 0.15) is 0 Å². The molecular weight excluding hydrogens is 168 g/mol. The normalized spacial score (nSPS) is 11.3. The molecule has 1 heterocycles. The van der Waals surface area contributed by atoms with Crippen LogP contribution in [0, 0.1) is 13.8 Å². The van der Waals surface area contributed by atoms with E-state index in [1.54, 1.807) is 0 Å². The van der Waals surface area contributed by atoms with Gasteiger partial charge in [-0.25, -0.2) is 0 Å². The van der Waals surface area contributed by atoms with Crippen LogP contribution in [0.4, 0.5) is 0 Å². The van der Waals surface area contributed by atoms with Gasteiger partial charge in [-0.2, -0.15) is 17.7 Å². The van der Waals surface area contributed by atoms with Gasteiger partial charge in [0.2, 0.25) is 0 Å². The molecular formula is C9H14N2S. The van der Waals surface area contributed by atoms with E-state index in [9.17, 15) is 0 Å². The molecule has 0 bridgehead atoms. The number of aromatic nitrogens is 2. The van der Waals surface area contributed by atoms with Crippen molar-refractivity contribution >= 4 is 18.7 Å². The van der Waals surface area contributed by atoms with Crippen LogP contribution in [-0.2, 0) is 7.05 Å². The maximum Gasteiger partial charge on any atom is 0.0668 e. The summed E-state index contributed by atoms with van der Waals surface area (Å²) < 4.78 is 1.90. The van der Waals surface area contributed by atoms with Crippen molar-refractivity contribution in [1.29, 1.82) is 0 Å². The minimum atomic E-state index is 0.772. The van der Waals surface area contributed by atoms with Gasteiger partial charge in [-0.1, -0.05) is 12.2 Å². The first-order valence-corrected chi connectivity index (χ1v) is 4.57. The molecule has 0 atom stereocenters. The quantitative estimate of drug-likeness (QED) is 0.692. The SMILES string of the molecule is Cc1nn(C)c(C)c1C=CCS. The topological polar surface area (TPSA) is 17.8 Å². The fourth-order valence-electron chi connectivity index (χ4n) is 1.20. The molecule has 0 aliphatic rings. The Kier molecular flexibility index (Phi) is 2.98. The van der Waals surface area contributed by atoms with Crippen molar-refractivity contribution in [2.45, 2.75) is 13.8 Å². The zero-order valence-corrected chi connectivity index (χ0v) is 8.60. The fourth-order valence-corrected chi connectivity index (χ4v) is 1.31. The van der Waals surface area contributed by atoms with E-state index in [1.807, 2.05) is 24.7 Å². The Balaban J connectivity index is 3.05. The molecule has 0 spiro atoms. The Labute approximate surface area is 78.7 Å². The Morgan fingerprint density at radius 3 is 2.58 bits per heavy atom. The summed E-state index contributed by atoms with van der Waals surface area (Å²) in [6.07, 6.45) is 4.10. The predicted octanol–water partition coefficient (Wildman–Crippen LogP) is 1.98. The second-order valence-corrected chi connectivity index (χ2v) is 3.16. The third-order valence-electron chi connectivity index (χ3n) is 1.95. The van der Waals surface area contributed by atoms with Crippen LogP contribution < -0.4 is 0 Å². The molecule has 66 valence electrons. The van der Waals surface area contributed by atoms with Gasteiger partial charge in [-0.15, -0.1) is 0 Å². The smallest absolute Gasteiger partial charge is 0.0668 e. The van der Waals surface area contributed by atoms with Crippen molar-refractivity contribution < 1.29 is 0 Å². The van der Waals surface area contributed by atoms with E-state index < -0.39 is 0 Å². The lowest BCUT2D eigenvalue weighted by Crippen LogP contribution is -1.92. The third-order valence-corrected chi connectivity index (χ3v) is 2.17. The van der Waals surface area contributed by atoms with Crippen LogP contribution in [0.1, 0.15) is 17.0 Å². The van der Waals surface area contributed by atoms with Crippen LogP contribution in [-0.4, -0.2) is 15.5 Å². The highest BCUT2D eigenvalue weighted by Crippen LogP contribution is 2.13. The molecule has 3 heteroatoms. The van der Waals surface area contributed by atoms with Gasteiger partial charge in [-0.3, -0.25) is 4.68 Å². The van der Waals surface area contributed by atoms with Gasteiger partial charge in [0.15, 0.2) is 0 Å².